The number of aliphatic hydroxyl groups is 1. The topological polar surface area (TPSA) is 97.0 Å². The van der Waals surface area contributed by atoms with E-state index in [-0.39, 0.29) is 34.3 Å². The fraction of sp³-hybridized carbons (Fsp3) is 0.148. The highest BCUT2D eigenvalue weighted by Crippen LogP contribution is 2.39. The molecule has 0 unspecified atom stereocenters. The Morgan fingerprint density at radius 3 is 2.49 bits per heavy atom. The Kier molecular flexibility index (Phi) is 5.88. The smallest absolute Gasteiger partial charge is 0.337 e. The van der Waals surface area contributed by atoms with Crippen molar-refractivity contribution in [1.82, 2.24) is 4.90 Å². The predicted octanol–water partition coefficient (Wildman–Crippen LogP) is 4.51. The molecule has 7 nitrogen and oxygen atoms in total. The quantitative estimate of drug-likeness (QED) is 0.414. The first-order chi connectivity index (χ1) is 16.9. The molecular formula is C27H20ClNO6. The molecule has 35 heavy (non-hydrogen) atoms. The number of hydrogen-bond acceptors (Lipinski definition) is 6. The molecule has 4 aromatic rings. The van der Waals surface area contributed by atoms with Gasteiger partial charge in [-0.15, -0.1) is 0 Å². The van der Waals surface area contributed by atoms with Gasteiger partial charge in [-0.05, 0) is 41.5 Å². The number of hydrogen-bond donors (Lipinski definition) is 1. The molecule has 1 amide bonds. The molecule has 0 spiro atoms. The third-order valence-corrected chi connectivity index (χ3v) is 6.36. The van der Waals surface area contributed by atoms with E-state index in [0.717, 1.165) is 0 Å². The molecule has 5 rings (SSSR count). The average Bonchev–Trinajstić information content (AvgIpc) is 3.16. The number of halogens is 1. The summed E-state index contributed by atoms with van der Waals surface area (Å²) < 4.78 is 10.7. The van der Waals surface area contributed by atoms with E-state index in [1.165, 1.54) is 18.1 Å². The molecule has 176 valence electrons. The first-order valence-electron chi connectivity index (χ1n) is 10.9. The minimum atomic E-state index is -0.995. The third kappa shape index (κ3) is 3.99. The molecule has 1 N–H and O–H groups in total. The number of nitrogens with zero attached hydrogens (tertiary/aromatic N) is 1. The van der Waals surface area contributed by atoms with Gasteiger partial charge in [0.1, 0.15) is 5.58 Å². The lowest BCUT2D eigenvalue weighted by Crippen LogP contribution is -2.33. The van der Waals surface area contributed by atoms with Crippen molar-refractivity contribution >= 4 is 34.4 Å². The zero-order valence-corrected chi connectivity index (χ0v) is 19.4. The van der Waals surface area contributed by atoms with Crippen LogP contribution in [0.1, 0.15) is 49.7 Å². The third-order valence-electron chi connectivity index (χ3n) is 6.13. The van der Waals surface area contributed by atoms with E-state index in [4.69, 9.17) is 20.8 Å². The van der Waals surface area contributed by atoms with Crippen molar-refractivity contribution in [2.24, 2.45) is 0 Å². The van der Waals surface area contributed by atoms with Gasteiger partial charge in [0.2, 0.25) is 5.76 Å². The van der Waals surface area contributed by atoms with Crippen LogP contribution in [0.4, 0.5) is 0 Å². The summed E-state index contributed by atoms with van der Waals surface area (Å²) in [5.74, 6) is -1.09. The van der Waals surface area contributed by atoms with Gasteiger partial charge in [0.25, 0.3) is 5.91 Å². The van der Waals surface area contributed by atoms with Gasteiger partial charge in [-0.2, -0.15) is 0 Å². The van der Waals surface area contributed by atoms with Crippen molar-refractivity contribution in [2.45, 2.75) is 12.1 Å². The van der Waals surface area contributed by atoms with Crippen molar-refractivity contribution < 1.29 is 23.8 Å². The van der Waals surface area contributed by atoms with Gasteiger partial charge in [0, 0.05) is 5.02 Å². The highest BCUT2D eigenvalue weighted by Gasteiger charge is 2.43. The van der Waals surface area contributed by atoms with Crippen molar-refractivity contribution in [3.63, 3.8) is 0 Å². The zero-order chi connectivity index (χ0) is 24.7. The van der Waals surface area contributed by atoms with E-state index in [0.29, 0.717) is 21.7 Å². The molecule has 0 aliphatic carbocycles. The summed E-state index contributed by atoms with van der Waals surface area (Å²) in [6, 6.07) is 19.2. The fourth-order valence-corrected chi connectivity index (χ4v) is 4.59. The first-order valence-corrected chi connectivity index (χ1v) is 11.3. The number of carbonyl (C=O) groups excluding carboxylic acids is 2. The Balaban J connectivity index is 1.66. The van der Waals surface area contributed by atoms with E-state index >= 15 is 0 Å². The lowest BCUT2D eigenvalue weighted by molar-refractivity contribution is 0.0579. The number of amides is 1. The monoisotopic (exact) mass is 489 g/mol. The van der Waals surface area contributed by atoms with E-state index in [1.807, 2.05) is 6.07 Å². The summed E-state index contributed by atoms with van der Waals surface area (Å²) in [7, 11) is 1.29. The van der Waals surface area contributed by atoms with Crippen LogP contribution in [0.25, 0.3) is 11.0 Å². The van der Waals surface area contributed by atoms with E-state index in [2.05, 4.69) is 0 Å². The zero-order valence-electron chi connectivity index (χ0n) is 18.6. The van der Waals surface area contributed by atoms with Gasteiger partial charge < -0.3 is 19.2 Å². The van der Waals surface area contributed by atoms with Crippen LogP contribution in [-0.2, 0) is 4.74 Å². The molecule has 1 aliphatic heterocycles. The van der Waals surface area contributed by atoms with Gasteiger partial charge in [-0.3, -0.25) is 9.59 Å². The minimum absolute atomic E-state index is 0.0764. The predicted molar refractivity (Wildman–Crippen MR) is 130 cm³/mol. The van der Waals surface area contributed by atoms with Gasteiger partial charge in [0.05, 0.1) is 42.3 Å². The van der Waals surface area contributed by atoms with Gasteiger partial charge in [-0.1, -0.05) is 54.1 Å². The number of esters is 1. The van der Waals surface area contributed by atoms with Crippen molar-refractivity contribution in [2.75, 3.05) is 13.7 Å². The number of methoxy groups -OCH3 is 1. The van der Waals surface area contributed by atoms with Crippen LogP contribution in [-0.4, -0.2) is 35.5 Å². The van der Waals surface area contributed by atoms with Gasteiger partial charge in [0.15, 0.2) is 5.43 Å². The highest BCUT2D eigenvalue weighted by atomic mass is 35.5. The molecule has 0 saturated heterocycles. The molecule has 1 aliphatic rings. The number of carbonyl (C=O) groups is 2. The van der Waals surface area contributed by atoms with Gasteiger partial charge >= 0.3 is 5.97 Å². The largest absolute Gasteiger partial charge is 0.465 e. The lowest BCUT2D eigenvalue weighted by atomic mass is 9.97. The van der Waals surface area contributed by atoms with Crippen molar-refractivity contribution in [1.29, 1.82) is 0 Å². The molecule has 0 fully saturated rings. The minimum Gasteiger partial charge on any atom is -0.465 e. The lowest BCUT2D eigenvalue weighted by Gasteiger charge is -2.27. The average molecular weight is 490 g/mol. The maximum absolute atomic E-state index is 13.6. The Morgan fingerprint density at radius 2 is 1.80 bits per heavy atom. The maximum Gasteiger partial charge on any atom is 0.337 e. The summed E-state index contributed by atoms with van der Waals surface area (Å²) in [6.07, 6.45) is -0.995. The second-order valence-electron chi connectivity index (χ2n) is 8.21. The van der Waals surface area contributed by atoms with Crippen molar-refractivity contribution in [3.8, 4) is 0 Å². The standard InChI is InChI=1S/C27H20ClNO6/c1-34-27(33)17-9-7-16(8-10-17)23-22-24(31)19-13-18(28)11-12-21(19)35-25(22)26(32)29(23)14-20(30)15-5-3-2-4-6-15/h2-13,20,23,30H,14H2,1H3/t20-,23+/m1/s1. The second-order valence-corrected chi connectivity index (χ2v) is 8.65. The Hall–Kier alpha value is -3.94. The second kappa shape index (κ2) is 9.02. The molecular weight excluding hydrogens is 470 g/mol. The van der Waals surface area contributed by atoms with Crippen LogP contribution in [0.3, 0.4) is 0 Å². The summed E-state index contributed by atoms with van der Waals surface area (Å²) in [5, 5.41) is 11.5. The van der Waals surface area contributed by atoms with E-state index in [1.54, 1.807) is 60.7 Å². The summed E-state index contributed by atoms with van der Waals surface area (Å²) in [6.45, 7) is -0.0764. The van der Waals surface area contributed by atoms with E-state index < -0.39 is 24.0 Å². The normalized spacial score (nSPS) is 15.8. The number of rotatable bonds is 5. The SMILES string of the molecule is COC(=O)c1ccc([C@H]2c3c(oc4ccc(Cl)cc4c3=O)C(=O)N2C[C@@H](O)c2ccccc2)cc1. The molecule has 0 saturated carbocycles. The van der Waals surface area contributed by atoms with Crippen LogP contribution in [0.2, 0.25) is 5.02 Å². The van der Waals surface area contributed by atoms with Crippen LogP contribution >= 0.6 is 11.6 Å². The molecule has 1 aromatic heterocycles. The highest BCUT2D eigenvalue weighted by molar-refractivity contribution is 6.31. The van der Waals surface area contributed by atoms with Gasteiger partial charge in [-0.25, -0.2) is 4.79 Å². The molecule has 8 heteroatoms. The number of β-amino-alcohol motifs (C(OH)–C–C–N with tert-alkyl or cyclic N) is 1. The maximum atomic E-state index is 13.6. The Bertz CT molecular complexity index is 1500. The molecule has 2 heterocycles. The summed E-state index contributed by atoms with van der Waals surface area (Å²) in [5.41, 5.74) is 1.57. The number of fused-ring (bicyclic) bond motifs is 2. The molecule has 3 aromatic carbocycles. The molecule has 0 bridgehead atoms. The van der Waals surface area contributed by atoms with Crippen LogP contribution in [0, 0.1) is 0 Å². The molecule has 2 atom stereocenters. The summed E-state index contributed by atoms with van der Waals surface area (Å²) in [4.78, 5) is 40.4. The van der Waals surface area contributed by atoms with Crippen molar-refractivity contribution in [3.05, 3.63) is 116 Å². The van der Waals surface area contributed by atoms with Crippen LogP contribution < -0.4 is 5.43 Å². The Labute approximate surface area is 205 Å². The number of ether oxygens (including phenoxy) is 1. The first kappa shape index (κ1) is 22.8. The number of benzene rings is 3. The molecule has 0 radical (unpaired) electrons. The summed E-state index contributed by atoms with van der Waals surface area (Å²) >= 11 is 6.12. The van der Waals surface area contributed by atoms with Crippen LogP contribution in [0.15, 0.2) is 82.0 Å². The van der Waals surface area contributed by atoms with Crippen LogP contribution in [0.5, 0.6) is 0 Å². The Morgan fingerprint density at radius 1 is 1.09 bits per heavy atom. The number of aliphatic hydroxyl groups excluding tert-OH is 1. The van der Waals surface area contributed by atoms with E-state index in [9.17, 15) is 19.5 Å². The fourth-order valence-electron chi connectivity index (χ4n) is 4.41.